The molecule has 0 atom stereocenters. The lowest BCUT2D eigenvalue weighted by Gasteiger charge is -1.99. The molecule has 2 nitrogen and oxygen atoms in total. The number of hydrogen-bond donors (Lipinski definition) is 1. The second-order valence-electron chi connectivity index (χ2n) is 2.52. The Hall–Kier alpha value is -0.590. The quantitative estimate of drug-likeness (QED) is 0.810. The van der Waals surface area contributed by atoms with Crippen molar-refractivity contribution < 1.29 is 4.39 Å². The molecule has 0 saturated heterocycles. The summed E-state index contributed by atoms with van der Waals surface area (Å²) in [5, 5.41) is 7.10. The Kier molecular flexibility index (Phi) is 2.76. The number of nitrogens with one attached hydrogen (secondary N) is 1. The van der Waals surface area contributed by atoms with Gasteiger partial charge in [0.1, 0.15) is 10.8 Å². The predicted octanol–water partition coefficient (Wildman–Crippen LogP) is 3.77. The van der Waals surface area contributed by atoms with Crippen LogP contribution in [0.2, 0.25) is 0 Å². The van der Waals surface area contributed by atoms with Crippen molar-refractivity contribution in [3.63, 3.8) is 0 Å². The van der Waals surface area contributed by atoms with Crippen molar-refractivity contribution in [3.05, 3.63) is 32.4 Å². The van der Waals surface area contributed by atoms with Crippen molar-refractivity contribution in [1.29, 1.82) is 0 Å². The van der Waals surface area contributed by atoms with E-state index in [9.17, 15) is 4.39 Å². The lowest BCUT2D eigenvalue weighted by atomic mass is 10.2. The summed E-state index contributed by atoms with van der Waals surface area (Å²) in [5.41, 5.74) is 0.455. The SMILES string of the molecule is Fc1c(Br)cccc1-c1n[nH]c(=S)s1. The van der Waals surface area contributed by atoms with Gasteiger partial charge in [-0.25, -0.2) is 4.39 Å². The number of rotatable bonds is 1. The maximum absolute atomic E-state index is 13.6. The van der Waals surface area contributed by atoms with Crippen LogP contribution in [-0.4, -0.2) is 10.2 Å². The van der Waals surface area contributed by atoms with E-state index in [1.807, 2.05) is 0 Å². The standard InChI is InChI=1S/C8H4BrFN2S2/c9-5-3-1-2-4(6(5)10)7-11-12-8(13)14-7/h1-3H,(H,12,13). The average molecular weight is 291 g/mol. The Balaban J connectivity index is 2.62. The van der Waals surface area contributed by atoms with Gasteiger partial charge in [-0.05, 0) is 40.3 Å². The van der Waals surface area contributed by atoms with Crippen LogP contribution in [-0.2, 0) is 0 Å². The second kappa shape index (κ2) is 3.88. The molecule has 0 aliphatic heterocycles. The van der Waals surface area contributed by atoms with Gasteiger partial charge in [0.05, 0.1) is 4.47 Å². The van der Waals surface area contributed by atoms with Gasteiger partial charge in [0.15, 0.2) is 3.95 Å². The first-order chi connectivity index (χ1) is 6.68. The van der Waals surface area contributed by atoms with Crippen LogP contribution in [0.4, 0.5) is 4.39 Å². The molecule has 1 aromatic carbocycles. The highest BCUT2D eigenvalue weighted by Gasteiger charge is 2.10. The van der Waals surface area contributed by atoms with E-state index in [0.29, 0.717) is 19.0 Å². The normalized spacial score (nSPS) is 10.4. The smallest absolute Gasteiger partial charge is 0.176 e. The minimum atomic E-state index is -0.315. The molecule has 0 unspecified atom stereocenters. The molecule has 72 valence electrons. The first-order valence-electron chi connectivity index (χ1n) is 3.68. The van der Waals surface area contributed by atoms with Gasteiger partial charge in [0.2, 0.25) is 0 Å². The van der Waals surface area contributed by atoms with Crippen LogP contribution in [0.15, 0.2) is 22.7 Å². The summed E-state index contributed by atoms with van der Waals surface area (Å²) in [7, 11) is 0. The third kappa shape index (κ3) is 1.77. The van der Waals surface area contributed by atoms with Crippen LogP contribution in [0, 0.1) is 9.77 Å². The average Bonchev–Trinajstić information content (AvgIpc) is 2.57. The van der Waals surface area contributed by atoms with Crippen molar-refractivity contribution in [2.75, 3.05) is 0 Å². The molecule has 0 aliphatic rings. The number of H-pyrrole nitrogens is 1. The van der Waals surface area contributed by atoms with Gasteiger partial charge in [-0.15, -0.1) is 0 Å². The van der Waals surface area contributed by atoms with Gasteiger partial charge in [0, 0.05) is 5.56 Å². The summed E-state index contributed by atoms with van der Waals surface area (Å²) >= 11 is 9.24. The topological polar surface area (TPSA) is 28.7 Å². The molecule has 2 aromatic rings. The highest BCUT2D eigenvalue weighted by Crippen LogP contribution is 2.28. The number of aromatic nitrogens is 2. The van der Waals surface area contributed by atoms with Crippen molar-refractivity contribution >= 4 is 39.5 Å². The number of hydrogen-bond acceptors (Lipinski definition) is 3. The zero-order valence-corrected chi connectivity index (χ0v) is 9.97. The van der Waals surface area contributed by atoms with Crippen LogP contribution < -0.4 is 0 Å². The van der Waals surface area contributed by atoms with Crippen LogP contribution in [0.25, 0.3) is 10.6 Å². The fraction of sp³-hybridized carbons (Fsp3) is 0. The number of aromatic amines is 1. The van der Waals surface area contributed by atoms with Crippen LogP contribution in [0.3, 0.4) is 0 Å². The van der Waals surface area contributed by atoms with E-state index in [2.05, 4.69) is 26.1 Å². The summed E-state index contributed by atoms with van der Waals surface area (Å²) in [6.45, 7) is 0. The van der Waals surface area contributed by atoms with E-state index < -0.39 is 0 Å². The molecule has 1 heterocycles. The summed E-state index contributed by atoms with van der Waals surface area (Å²) in [6.07, 6.45) is 0. The maximum Gasteiger partial charge on any atom is 0.176 e. The second-order valence-corrected chi connectivity index (χ2v) is 5.04. The van der Waals surface area contributed by atoms with E-state index in [1.54, 1.807) is 18.2 Å². The minimum absolute atomic E-state index is 0.315. The molecule has 0 bridgehead atoms. The molecule has 0 fully saturated rings. The Morgan fingerprint density at radius 3 is 2.93 bits per heavy atom. The molecule has 6 heteroatoms. The molecule has 0 spiro atoms. The molecule has 0 amide bonds. The molecule has 0 aliphatic carbocycles. The zero-order valence-electron chi connectivity index (χ0n) is 6.75. The maximum atomic E-state index is 13.6. The minimum Gasteiger partial charge on any atom is -0.258 e. The third-order valence-electron chi connectivity index (χ3n) is 1.62. The molecular formula is C8H4BrFN2S2. The predicted molar refractivity (Wildman–Crippen MR) is 60.4 cm³/mol. The molecule has 1 N–H and O–H groups in total. The Morgan fingerprint density at radius 2 is 2.29 bits per heavy atom. The van der Waals surface area contributed by atoms with Gasteiger partial charge in [-0.1, -0.05) is 17.4 Å². The number of nitrogens with zero attached hydrogens (tertiary/aromatic N) is 1. The largest absolute Gasteiger partial charge is 0.258 e. The van der Waals surface area contributed by atoms with Gasteiger partial charge in [-0.2, -0.15) is 5.10 Å². The first-order valence-corrected chi connectivity index (χ1v) is 5.70. The van der Waals surface area contributed by atoms with E-state index in [0.717, 1.165) is 0 Å². The van der Waals surface area contributed by atoms with Gasteiger partial charge >= 0.3 is 0 Å². The van der Waals surface area contributed by atoms with E-state index in [4.69, 9.17) is 12.2 Å². The number of halogens is 2. The van der Waals surface area contributed by atoms with Crippen molar-refractivity contribution in [2.45, 2.75) is 0 Å². The van der Waals surface area contributed by atoms with Gasteiger partial charge < -0.3 is 0 Å². The molecule has 0 saturated carbocycles. The summed E-state index contributed by atoms with van der Waals surface area (Å²) < 4.78 is 14.5. The molecular weight excluding hydrogens is 287 g/mol. The zero-order chi connectivity index (χ0) is 10.1. The van der Waals surface area contributed by atoms with E-state index in [1.165, 1.54) is 11.3 Å². The van der Waals surface area contributed by atoms with Crippen LogP contribution in [0.1, 0.15) is 0 Å². The Morgan fingerprint density at radius 1 is 1.50 bits per heavy atom. The van der Waals surface area contributed by atoms with Crippen LogP contribution >= 0.6 is 39.5 Å². The van der Waals surface area contributed by atoms with E-state index >= 15 is 0 Å². The fourth-order valence-electron chi connectivity index (χ4n) is 1.01. The summed E-state index contributed by atoms with van der Waals surface area (Å²) in [4.78, 5) is 0. The van der Waals surface area contributed by atoms with Gasteiger partial charge in [0.25, 0.3) is 0 Å². The lowest BCUT2D eigenvalue weighted by molar-refractivity contribution is 0.624. The van der Waals surface area contributed by atoms with E-state index in [-0.39, 0.29) is 5.82 Å². The lowest BCUT2D eigenvalue weighted by Crippen LogP contribution is -1.84. The number of benzene rings is 1. The molecule has 2 rings (SSSR count). The van der Waals surface area contributed by atoms with Crippen molar-refractivity contribution in [3.8, 4) is 10.6 Å². The summed E-state index contributed by atoms with van der Waals surface area (Å²) in [6, 6.07) is 5.07. The molecule has 1 aromatic heterocycles. The van der Waals surface area contributed by atoms with Crippen molar-refractivity contribution in [2.24, 2.45) is 0 Å². The molecule has 0 radical (unpaired) electrons. The highest BCUT2D eigenvalue weighted by molar-refractivity contribution is 9.10. The highest BCUT2D eigenvalue weighted by atomic mass is 79.9. The van der Waals surface area contributed by atoms with Crippen LogP contribution in [0.5, 0.6) is 0 Å². The monoisotopic (exact) mass is 290 g/mol. The van der Waals surface area contributed by atoms with Gasteiger partial charge in [-0.3, -0.25) is 5.10 Å². The summed E-state index contributed by atoms with van der Waals surface area (Å²) in [5.74, 6) is -0.315. The fourth-order valence-corrected chi connectivity index (χ4v) is 2.29. The van der Waals surface area contributed by atoms with Crippen molar-refractivity contribution in [1.82, 2.24) is 10.2 Å². The molecule has 14 heavy (non-hydrogen) atoms. The first kappa shape index (κ1) is 9.95. The third-order valence-corrected chi connectivity index (χ3v) is 3.36. The Labute approximate surface area is 96.9 Å². The Bertz CT molecular complexity index is 520.